The van der Waals surface area contributed by atoms with Crippen LogP contribution in [0.25, 0.3) is 6.08 Å². The number of methoxy groups -OCH3 is 2. The fourth-order valence-corrected chi connectivity index (χ4v) is 1.95. The lowest BCUT2D eigenvalue weighted by Gasteiger charge is -2.05. The molecule has 0 aliphatic rings. The van der Waals surface area contributed by atoms with Crippen LogP contribution in [0.4, 0.5) is 0 Å². The van der Waals surface area contributed by atoms with Crippen LogP contribution >= 0.6 is 0 Å². The van der Waals surface area contributed by atoms with Gasteiger partial charge in [0, 0.05) is 0 Å². The number of esters is 1. The van der Waals surface area contributed by atoms with Crippen molar-refractivity contribution in [2.45, 2.75) is 6.61 Å². The highest BCUT2D eigenvalue weighted by Crippen LogP contribution is 2.15. The maximum atomic E-state index is 12.0. The summed E-state index contributed by atoms with van der Waals surface area (Å²) in [6.07, 6.45) is 1.48. The third kappa shape index (κ3) is 4.62. The quantitative estimate of drug-likeness (QED) is 0.463. The molecule has 0 fully saturated rings. The molecule has 0 aromatic heterocycles. The van der Waals surface area contributed by atoms with Crippen LogP contribution in [0.3, 0.4) is 0 Å². The zero-order valence-corrected chi connectivity index (χ0v) is 13.5. The summed E-state index contributed by atoms with van der Waals surface area (Å²) in [5.74, 6) is 0.763. The van der Waals surface area contributed by atoms with E-state index in [0.717, 1.165) is 11.3 Å². The summed E-state index contributed by atoms with van der Waals surface area (Å²) < 4.78 is 15.3. The molecule has 0 spiro atoms. The molecule has 2 rings (SSSR count). The van der Waals surface area contributed by atoms with Gasteiger partial charge in [0.05, 0.1) is 14.2 Å². The Morgan fingerprint density at radius 1 is 1.00 bits per heavy atom. The molecule has 0 radical (unpaired) electrons. The topological polar surface area (TPSA) is 68.5 Å². The van der Waals surface area contributed by atoms with Gasteiger partial charge in [0.15, 0.2) is 0 Å². The SMILES string of the molecule is COc1ccc(/C=C(\C#N)C(=O)OCc2ccc(OC)cc2)cc1. The highest BCUT2D eigenvalue weighted by molar-refractivity contribution is 5.97. The zero-order chi connectivity index (χ0) is 17.4. The minimum Gasteiger partial charge on any atom is -0.497 e. The lowest BCUT2D eigenvalue weighted by Crippen LogP contribution is -2.06. The first kappa shape index (κ1) is 17.1. The van der Waals surface area contributed by atoms with E-state index in [1.54, 1.807) is 62.8 Å². The van der Waals surface area contributed by atoms with Crippen LogP contribution < -0.4 is 9.47 Å². The van der Waals surface area contributed by atoms with Crippen molar-refractivity contribution in [3.05, 3.63) is 65.2 Å². The van der Waals surface area contributed by atoms with Crippen molar-refractivity contribution >= 4 is 12.0 Å². The van der Waals surface area contributed by atoms with Crippen LogP contribution in [0.2, 0.25) is 0 Å². The van der Waals surface area contributed by atoms with Gasteiger partial charge in [-0.3, -0.25) is 0 Å². The number of nitriles is 1. The molecule has 0 aliphatic heterocycles. The Morgan fingerprint density at radius 3 is 2.04 bits per heavy atom. The molecule has 0 atom stereocenters. The average molecular weight is 323 g/mol. The van der Waals surface area contributed by atoms with E-state index in [4.69, 9.17) is 19.5 Å². The Labute approximate surface area is 140 Å². The van der Waals surface area contributed by atoms with Crippen LogP contribution in [0.1, 0.15) is 11.1 Å². The maximum Gasteiger partial charge on any atom is 0.349 e. The summed E-state index contributed by atoms with van der Waals surface area (Å²) >= 11 is 0. The molecule has 0 amide bonds. The first-order valence-corrected chi connectivity index (χ1v) is 7.22. The number of carbonyl (C=O) groups is 1. The van der Waals surface area contributed by atoms with Gasteiger partial charge in [-0.05, 0) is 41.5 Å². The van der Waals surface area contributed by atoms with E-state index in [1.165, 1.54) is 6.08 Å². The molecule has 0 aliphatic carbocycles. The van der Waals surface area contributed by atoms with Crippen molar-refractivity contribution in [3.63, 3.8) is 0 Å². The minimum atomic E-state index is -0.663. The predicted octanol–water partition coefficient (Wildman–Crippen LogP) is 3.35. The molecular weight excluding hydrogens is 306 g/mol. The summed E-state index contributed by atoms with van der Waals surface area (Å²) in [4.78, 5) is 12.0. The molecule has 2 aromatic carbocycles. The number of nitrogens with zero attached hydrogens (tertiary/aromatic N) is 1. The zero-order valence-electron chi connectivity index (χ0n) is 13.5. The first-order valence-electron chi connectivity index (χ1n) is 7.22. The number of hydrogen-bond donors (Lipinski definition) is 0. The highest BCUT2D eigenvalue weighted by Gasteiger charge is 2.11. The van der Waals surface area contributed by atoms with Crippen molar-refractivity contribution in [2.75, 3.05) is 14.2 Å². The Hall–Kier alpha value is -3.26. The van der Waals surface area contributed by atoms with E-state index in [0.29, 0.717) is 11.3 Å². The number of carbonyl (C=O) groups excluding carboxylic acids is 1. The fourth-order valence-electron chi connectivity index (χ4n) is 1.95. The van der Waals surface area contributed by atoms with E-state index in [1.807, 2.05) is 6.07 Å². The lowest BCUT2D eigenvalue weighted by atomic mass is 10.1. The monoisotopic (exact) mass is 323 g/mol. The molecule has 122 valence electrons. The summed E-state index contributed by atoms with van der Waals surface area (Å²) in [5, 5.41) is 9.16. The average Bonchev–Trinajstić information content (AvgIpc) is 2.65. The number of hydrogen-bond acceptors (Lipinski definition) is 5. The number of rotatable bonds is 6. The summed E-state index contributed by atoms with van der Waals surface area (Å²) in [6, 6.07) is 16.0. The second-order valence-electron chi connectivity index (χ2n) is 4.87. The van der Waals surface area contributed by atoms with Crippen molar-refractivity contribution in [1.82, 2.24) is 0 Å². The van der Waals surface area contributed by atoms with Crippen molar-refractivity contribution in [2.24, 2.45) is 0 Å². The molecule has 0 unspecified atom stereocenters. The second kappa shape index (κ2) is 8.39. The molecular formula is C19H17NO4. The Bertz CT molecular complexity index is 755. The van der Waals surface area contributed by atoms with Crippen LogP contribution in [0.5, 0.6) is 11.5 Å². The Balaban J connectivity index is 2.02. The predicted molar refractivity (Wildman–Crippen MR) is 89.4 cm³/mol. The van der Waals surface area contributed by atoms with Gasteiger partial charge in [-0.2, -0.15) is 5.26 Å². The van der Waals surface area contributed by atoms with E-state index >= 15 is 0 Å². The van der Waals surface area contributed by atoms with Gasteiger partial charge < -0.3 is 14.2 Å². The molecule has 24 heavy (non-hydrogen) atoms. The van der Waals surface area contributed by atoms with Gasteiger partial charge >= 0.3 is 5.97 Å². The second-order valence-corrected chi connectivity index (χ2v) is 4.87. The minimum absolute atomic E-state index is 0.0614. The van der Waals surface area contributed by atoms with Gasteiger partial charge in [-0.25, -0.2) is 4.79 Å². The van der Waals surface area contributed by atoms with E-state index < -0.39 is 5.97 Å². The maximum absolute atomic E-state index is 12.0. The molecule has 0 saturated heterocycles. The fraction of sp³-hybridized carbons (Fsp3) is 0.158. The summed E-state index contributed by atoms with van der Waals surface area (Å²) in [6.45, 7) is 0.0878. The van der Waals surface area contributed by atoms with Crippen molar-refractivity contribution < 1.29 is 19.0 Å². The Morgan fingerprint density at radius 2 is 1.54 bits per heavy atom. The van der Waals surface area contributed by atoms with Crippen LogP contribution in [0.15, 0.2) is 54.1 Å². The third-order valence-corrected chi connectivity index (χ3v) is 3.30. The standard InChI is InChI=1S/C19H17NO4/c1-22-17-7-3-14(4-8-17)11-16(12-20)19(21)24-13-15-5-9-18(23-2)10-6-15/h3-11H,13H2,1-2H3/b16-11+. The first-order chi connectivity index (χ1) is 11.7. The van der Waals surface area contributed by atoms with E-state index in [2.05, 4.69) is 0 Å². The van der Waals surface area contributed by atoms with Crippen molar-refractivity contribution in [3.8, 4) is 17.6 Å². The molecule has 0 saturated carbocycles. The van der Waals surface area contributed by atoms with Gasteiger partial charge in [0.1, 0.15) is 29.7 Å². The smallest absolute Gasteiger partial charge is 0.349 e. The van der Waals surface area contributed by atoms with Gasteiger partial charge in [0.2, 0.25) is 0 Å². The number of benzene rings is 2. The molecule has 5 nitrogen and oxygen atoms in total. The lowest BCUT2D eigenvalue weighted by molar-refractivity contribution is -0.139. The summed E-state index contributed by atoms with van der Waals surface area (Å²) in [7, 11) is 3.15. The molecule has 5 heteroatoms. The Kier molecular flexibility index (Phi) is 5.98. The van der Waals surface area contributed by atoms with Crippen LogP contribution in [-0.2, 0) is 16.1 Å². The molecule has 0 heterocycles. The number of ether oxygens (including phenoxy) is 3. The van der Waals surface area contributed by atoms with E-state index in [9.17, 15) is 4.79 Å². The third-order valence-electron chi connectivity index (χ3n) is 3.30. The normalized spacial score (nSPS) is 10.6. The van der Waals surface area contributed by atoms with Crippen LogP contribution in [-0.4, -0.2) is 20.2 Å². The highest BCUT2D eigenvalue weighted by atomic mass is 16.5. The molecule has 2 aromatic rings. The van der Waals surface area contributed by atoms with Crippen LogP contribution in [0, 0.1) is 11.3 Å². The van der Waals surface area contributed by atoms with E-state index in [-0.39, 0.29) is 12.2 Å². The van der Waals surface area contributed by atoms with Gasteiger partial charge in [0.25, 0.3) is 0 Å². The summed E-state index contributed by atoms with van der Waals surface area (Å²) in [5.41, 5.74) is 1.47. The molecule has 0 bridgehead atoms. The van der Waals surface area contributed by atoms with Crippen molar-refractivity contribution in [1.29, 1.82) is 5.26 Å². The van der Waals surface area contributed by atoms with Gasteiger partial charge in [-0.15, -0.1) is 0 Å². The largest absolute Gasteiger partial charge is 0.497 e. The van der Waals surface area contributed by atoms with Gasteiger partial charge in [-0.1, -0.05) is 24.3 Å². The molecule has 0 N–H and O–H groups in total.